The lowest BCUT2D eigenvalue weighted by Crippen LogP contribution is -2.27. The number of aliphatic hydroxyl groups is 1. The molecule has 1 atom stereocenters. The molecule has 0 heterocycles. The molecule has 15 heavy (non-hydrogen) atoms. The van der Waals surface area contributed by atoms with E-state index < -0.39 is 0 Å². The van der Waals surface area contributed by atoms with Crippen molar-refractivity contribution in [2.24, 2.45) is 5.92 Å². The summed E-state index contributed by atoms with van der Waals surface area (Å²) < 4.78 is 1.10. The average molecular weight is 270 g/mol. The predicted molar refractivity (Wildman–Crippen MR) is 64.6 cm³/mol. The van der Waals surface area contributed by atoms with Crippen molar-refractivity contribution in [3.8, 4) is 0 Å². The van der Waals surface area contributed by atoms with E-state index in [-0.39, 0.29) is 6.10 Å². The monoisotopic (exact) mass is 269 g/mol. The lowest BCUT2D eigenvalue weighted by atomic mass is 10.2. The number of halogens is 1. The smallest absolute Gasteiger partial charge is 0.0692 e. The van der Waals surface area contributed by atoms with Gasteiger partial charge in [0.25, 0.3) is 0 Å². The first-order chi connectivity index (χ1) is 7.25. The predicted octanol–water partition coefficient (Wildman–Crippen LogP) is 2.31. The first-order valence-corrected chi connectivity index (χ1v) is 6.18. The van der Waals surface area contributed by atoms with Crippen LogP contribution in [0.4, 0.5) is 0 Å². The summed E-state index contributed by atoms with van der Waals surface area (Å²) in [5.74, 6) is 0.556. The average Bonchev–Trinajstić information content (AvgIpc) is 3.00. The summed E-state index contributed by atoms with van der Waals surface area (Å²) in [5, 5.41) is 12.9. The molecule has 1 unspecified atom stereocenters. The van der Waals surface area contributed by atoms with Gasteiger partial charge in [-0.2, -0.15) is 0 Å². The van der Waals surface area contributed by atoms with Gasteiger partial charge < -0.3 is 10.4 Å². The van der Waals surface area contributed by atoms with Crippen LogP contribution in [-0.4, -0.2) is 17.8 Å². The van der Waals surface area contributed by atoms with E-state index in [0.29, 0.717) is 12.5 Å². The summed E-state index contributed by atoms with van der Waals surface area (Å²) in [7, 11) is 0. The summed E-state index contributed by atoms with van der Waals surface area (Å²) in [6.45, 7) is 1.53. The molecule has 0 aromatic heterocycles. The Kier molecular flexibility index (Phi) is 3.78. The molecule has 1 aromatic carbocycles. The van der Waals surface area contributed by atoms with Gasteiger partial charge in [-0.25, -0.2) is 0 Å². The highest BCUT2D eigenvalue weighted by atomic mass is 79.9. The second-order valence-corrected chi connectivity index (χ2v) is 5.08. The summed E-state index contributed by atoms with van der Waals surface area (Å²) in [5.41, 5.74) is 1.24. The van der Waals surface area contributed by atoms with Crippen molar-refractivity contribution < 1.29 is 5.11 Å². The second kappa shape index (κ2) is 5.10. The molecule has 0 saturated heterocycles. The fourth-order valence-electron chi connectivity index (χ4n) is 1.66. The normalized spacial score (nSPS) is 17.7. The maximum atomic E-state index is 9.65. The molecule has 2 rings (SSSR count). The van der Waals surface area contributed by atoms with Gasteiger partial charge >= 0.3 is 0 Å². The van der Waals surface area contributed by atoms with E-state index in [1.54, 1.807) is 0 Å². The van der Waals surface area contributed by atoms with Crippen LogP contribution in [0.3, 0.4) is 0 Å². The molecule has 82 valence electrons. The number of rotatable bonds is 5. The summed E-state index contributed by atoms with van der Waals surface area (Å²) in [6.07, 6.45) is 2.23. The number of nitrogens with one attached hydrogen (secondary N) is 1. The fourth-order valence-corrected chi connectivity index (χ4v) is 2.11. The first-order valence-electron chi connectivity index (χ1n) is 5.39. The quantitative estimate of drug-likeness (QED) is 0.860. The minimum atomic E-state index is -0.155. The van der Waals surface area contributed by atoms with Crippen LogP contribution in [0.15, 0.2) is 28.7 Å². The zero-order valence-corrected chi connectivity index (χ0v) is 10.2. The summed E-state index contributed by atoms with van der Waals surface area (Å²) in [4.78, 5) is 0. The van der Waals surface area contributed by atoms with Gasteiger partial charge in [0.15, 0.2) is 0 Å². The highest BCUT2D eigenvalue weighted by molar-refractivity contribution is 9.10. The summed E-state index contributed by atoms with van der Waals surface area (Å²) in [6, 6.07) is 8.22. The third-order valence-electron chi connectivity index (χ3n) is 2.74. The van der Waals surface area contributed by atoms with E-state index >= 15 is 0 Å². The third-order valence-corrected chi connectivity index (χ3v) is 3.23. The standard InChI is InChI=1S/C12H16BrNO/c13-11-3-1-2-9(6-11)7-14-8-12(15)10-4-5-10/h1-3,6,10,12,14-15H,4-5,7-8H2. The highest BCUT2D eigenvalue weighted by Crippen LogP contribution is 2.32. The van der Waals surface area contributed by atoms with Crippen molar-refractivity contribution in [2.45, 2.75) is 25.5 Å². The molecule has 1 aliphatic rings. The van der Waals surface area contributed by atoms with Gasteiger partial charge in [0, 0.05) is 17.6 Å². The highest BCUT2D eigenvalue weighted by Gasteiger charge is 2.28. The van der Waals surface area contributed by atoms with Crippen molar-refractivity contribution in [3.63, 3.8) is 0 Å². The zero-order valence-electron chi connectivity index (χ0n) is 8.62. The van der Waals surface area contributed by atoms with Crippen LogP contribution in [-0.2, 0) is 6.54 Å². The Morgan fingerprint density at radius 3 is 2.93 bits per heavy atom. The Morgan fingerprint density at radius 1 is 1.47 bits per heavy atom. The molecule has 1 aromatic rings. The Balaban J connectivity index is 1.73. The van der Waals surface area contributed by atoms with Crippen molar-refractivity contribution in [1.82, 2.24) is 5.32 Å². The van der Waals surface area contributed by atoms with Crippen LogP contribution in [0.1, 0.15) is 18.4 Å². The Bertz CT molecular complexity index is 325. The molecule has 3 heteroatoms. The van der Waals surface area contributed by atoms with E-state index in [1.807, 2.05) is 12.1 Å². The van der Waals surface area contributed by atoms with E-state index in [2.05, 4.69) is 33.4 Å². The van der Waals surface area contributed by atoms with Gasteiger partial charge in [0.2, 0.25) is 0 Å². The Hall–Kier alpha value is -0.380. The maximum Gasteiger partial charge on any atom is 0.0692 e. The molecular formula is C12H16BrNO. The fraction of sp³-hybridized carbons (Fsp3) is 0.500. The van der Waals surface area contributed by atoms with Crippen LogP contribution in [0.2, 0.25) is 0 Å². The minimum absolute atomic E-state index is 0.155. The third kappa shape index (κ3) is 3.59. The summed E-state index contributed by atoms with van der Waals surface area (Å²) >= 11 is 3.44. The molecule has 0 amide bonds. The molecule has 0 spiro atoms. The molecule has 0 bridgehead atoms. The molecular weight excluding hydrogens is 254 g/mol. The molecule has 0 radical (unpaired) electrons. The van der Waals surface area contributed by atoms with E-state index in [0.717, 1.165) is 11.0 Å². The van der Waals surface area contributed by atoms with Crippen LogP contribution in [0, 0.1) is 5.92 Å². The molecule has 2 nitrogen and oxygen atoms in total. The van der Waals surface area contributed by atoms with Gasteiger partial charge in [-0.15, -0.1) is 0 Å². The largest absolute Gasteiger partial charge is 0.392 e. The van der Waals surface area contributed by atoms with E-state index in [9.17, 15) is 5.11 Å². The van der Waals surface area contributed by atoms with Crippen molar-refractivity contribution in [2.75, 3.05) is 6.54 Å². The van der Waals surface area contributed by atoms with Crippen molar-refractivity contribution in [1.29, 1.82) is 0 Å². The van der Waals surface area contributed by atoms with Crippen LogP contribution >= 0.6 is 15.9 Å². The lowest BCUT2D eigenvalue weighted by molar-refractivity contribution is 0.148. The maximum absolute atomic E-state index is 9.65. The number of benzene rings is 1. The molecule has 0 aliphatic heterocycles. The SMILES string of the molecule is OC(CNCc1cccc(Br)c1)C1CC1. The van der Waals surface area contributed by atoms with Crippen LogP contribution in [0.5, 0.6) is 0 Å². The van der Waals surface area contributed by atoms with Crippen molar-refractivity contribution in [3.05, 3.63) is 34.3 Å². The molecule has 1 fully saturated rings. The minimum Gasteiger partial charge on any atom is -0.392 e. The van der Waals surface area contributed by atoms with Crippen molar-refractivity contribution >= 4 is 15.9 Å². The van der Waals surface area contributed by atoms with Gasteiger partial charge in [-0.05, 0) is 36.5 Å². The topological polar surface area (TPSA) is 32.3 Å². The number of hydrogen-bond acceptors (Lipinski definition) is 2. The van der Waals surface area contributed by atoms with Crippen LogP contribution < -0.4 is 5.32 Å². The Morgan fingerprint density at radius 2 is 2.27 bits per heavy atom. The van der Waals surface area contributed by atoms with E-state index in [4.69, 9.17) is 0 Å². The van der Waals surface area contributed by atoms with E-state index in [1.165, 1.54) is 18.4 Å². The molecule has 1 saturated carbocycles. The lowest BCUT2D eigenvalue weighted by Gasteiger charge is -2.10. The number of hydrogen-bond donors (Lipinski definition) is 2. The first kappa shape index (κ1) is 11.1. The molecule has 1 aliphatic carbocycles. The second-order valence-electron chi connectivity index (χ2n) is 4.17. The van der Waals surface area contributed by atoms with Gasteiger partial charge in [-0.1, -0.05) is 28.1 Å². The van der Waals surface area contributed by atoms with Gasteiger partial charge in [-0.3, -0.25) is 0 Å². The molecule has 2 N–H and O–H groups in total. The van der Waals surface area contributed by atoms with Gasteiger partial charge in [0.1, 0.15) is 0 Å². The number of aliphatic hydroxyl groups excluding tert-OH is 1. The zero-order chi connectivity index (χ0) is 10.7. The Labute approximate surface area is 98.8 Å². The van der Waals surface area contributed by atoms with Gasteiger partial charge in [0.05, 0.1) is 6.10 Å². The van der Waals surface area contributed by atoms with Crippen LogP contribution in [0.25, 0.3) is 0 Å².